The first-order valence-corrected chi connectivity index (χ1v) is 6.54. The number of nitrogens with one attached hydrogen (secondary N) is 1. The van der Waals surface area contributed by atoms with E-state index in [1.54, 1.807) is 30.1 Å². The molecule has 2 aromatic rings. The number of rotatable bonds is 3. The summed E-state index contributed by atoms with van der Waals surface area (Å²) in [5, 5.41) is 0. The van der Waals surface area contributed by atoms with E-state index in [2.05, 4.69) is 4.98 Å². The van der Waals surface area contributed by atoms with Gasteiger partial charge in [0.05, 0.1) is 17.3 Å². The van der Waals surface area contributed by atoms with Crippen LogP contribution in [0.2, 0.25) is 0 Å². The highest BCUT2D eigenvalue weighted by Crippen LogP contribution is 2.28. The minimum Gasteiger partial charge on any atom is -0.497 e. The van der Waals surface area contributed by atoms with Gasteiger partial charge in [-0.2, -0.15) is 0 Å². The highest BCUT2D eigenvalue weighted by Gasteiger charge is 2.17. The number of hydrogen-bond acceptors (Lipinski definition) is 6. The summed E-state index contributed by atoms with van der Waals surface area (Å²) in [6, 6.07) is 5.14. The van der Waals surface area contributed by atoms with Crippen molar-refractivity contribution in [3.63, 3.8) is 0 Å². The Morgan fingerprint density at radius 1 is 1.50 bits per heavy atom. The molecular formula is C8H9N3O3S2. The van der Waals surface area contributed by atoms with Crippen molar-refractivity contribution < 1.29 is 13.2 Å². The van der Waals surface area contributed by atoms with Crippen LogP contribution in [-0.4, -0.2) is 20.5 Å². The molecule has 3 N–H and O–H groups in total. The topological polar surface area (TPSA) is 94.3 Å². The van der Waals surface area contributed by atoms with E-state index in [1.165, 1.54) is 0 Å². The second-order valence-electron chi connectivity index (χ2n) is 2.93. The maximum absolute atomic E-state index is 11.4. The number of aromatic nitrogens is 1. The van der Waals surface area contributed by atoms with Gasteiger partial charge in [0.2, 0.25) is 4.34 Å². The fourth-order valence-corrected chi connectivity index (χ4v) is 3.07. The van der Waals surface area contributed by atoms with Gasteiger partial charge in [-0.05, 0) is 18.2 Å². The summed E-state index contributed by atoms with van der Waals surface area (Å²) < 4.78 is 28.5. The lowest BCUT2D eigenvalue weighted by molar-refractivity contribution is 0.415. The predicted molar refractivity (Wildman–Crippen MR) is 60.7 cm³/mol. The second-order valence-corrected chi connectivity index (χ2v) is 5.85. The predicted octanol–water partition coefficient (Wildman–Crippen LogP) is 0.457. The van der Waals surface area contributed by atoms with E-state index in [0.717, 1.165) is 16.0 Å². The Morgan fingerprint density at radius 3 is 2.88 bits per heavy atom. The van der Waals surface area contributed by atoms with Crippen LogP contribution >= 0.6 is 11.3 Å². The first-order valence-electron chi connectivity index (χ1n) is 4.24. The van der Waals surface area contributed by atoms with Crippen LogP contribution in [0.4, 0.5) is 0 Å². The Hall–Kier alpha value is -1.22. The zero-order valence-electron chi connectivity index (χ0n) is 8.30. The molecule has 1 aromatic carbocycles. The lowest BCUT2D eigenvalue weighted by Gasteiger charge is -1.96. The number of nitrogens with two attached hydrogens (primary N) is 1. The van der Waals surface area contributed by atoms with Crippen LogP contribution in [0.5, 0.6) is 5.75 Å². The van der Waals surface area contributed by atoms with Crippen molar-refractivity contribution >= 4 is 31.6 Å². The summed E-state index contributed by atoms with van der Waals surface area (Å²) in [4.78, 5) is 5.70. The standard InChI is InChI=1S/C8H9N3O3S2/c1-14-5-2-3-6-7(4-5)15-8(10-6)16(12,13)11-9/h2-4,11H,9H2,1H3. The lowest BCUT2D eigenvalue weighted by Crippen LogP contribution is -2.30. The van der Waals surface area contributed by atoms with Crippen LogP contribution in [0.25, 0.3) is 10.2 Å². The maximum atomic E-state index is 11.4. The van der Waals surface area contributed by atoms with Crippen molar-refractivity contribution in [2.75, 3.05) is 7.11 Å². The molecule has 0 saturated carbocycles. The molecule has 0 bridgehead atoms. The number of fused-ring (bicyclic) bond motifs is 1. The molecule has 0 atom stereocenters. The molecule has 0 aliphatic rings. The summed E-state index contributed by atoms with van der Waals surface area (Å²) in [5.74, 6) is 5.57. The van der Waals surface area contributed by atoms with Gasteiger partial charge in [-0.1, -0.05) is 0 Å². The van der Waals surface area contributed by atoms with Crippen LogP contribution in [0.1, 0.15) is 0 Å². The summed E-state index contributed by atoms with van der Waals surface area (Å²) in [7, 11) is -2.14. The lowest BCUT2D eigenvalue weighted by atomic mass is 10.3. The summed E-state index contributed by atoms with van der Waals surface area (Å²) in [5.41, 5.74) is 0.597. The van der Waals surface area contributed by atoms with Crippen molar-refractivity contribution in [1.82, 2.24) is 9.82 Å². The highest BCUT2D eigenvalue weighted by molar-refractivity contribution is 7.91. The molecule has 0 saturated heterocycles. The third-order valence-electron chi connectivity index (χ3n) is 1.96. The van der Waals surface area contributed by atoms with Gasteiger partial charge in [-0.25, -0.2) is 13.4 Å². The molecule has 8 heteroatoms. The number of hydrogen-bond donors (Lipinski definition) is 2. The third kappa shape index (κ3) is 1.87. The number of sulfonamides is 1. The van der Waals surface area contributed by atoms with Crippen molar-refractivity contribution in [3.8, 4) is 5.75 Å². The Labute approximate surface area is 96.1 Å². The number of nitrogens with zero attached hydrogens (tertiary/aromatic N) is 1. The van der Waals surface area contributed by atoms with Crippen LogP contribution < -0.4 is 15.4 Å². The van der Waals surface area contributed by atoms with E-state index in [1.807, 2.05) is 0 Å². The summed E-state index contributed by atoms with van der Waals surface area (Å²) in [6.45, 7) is 0. The number of ether oxygens (including phenoxy) is 1. The quantitative estimate of drug-likeness (QED) is 0.616. The van der Waals surface area contributed by atoms with Gasteiger partial charge in [0.1, 0.15) is 5.75 Å². The molecule has 2 rings (SSSR count). The number of hydrazine groups is 1. The van der Waals surface area contributed by atoms with Gasteiger partial charge in [-0.15, -0.1) is 16.2 Å². The first kappa shape index (κ1) is 11.3. The molecular weight excluding hydrogens is 250 g/mol. The number of thiazole rings is 1. The zero-order valence-corrected chi connectivity index (χ0v) is 9.93. The molecule has 0 radical (unpaired) electrons. The fourth-order valence-electron chi connectivity index (χ4n) is 1.18. The van der Waals surface area contributed by atoms with Crippen LogP contribution in [0.15, 0.2) is 22.5 Å². The molecule has 0 amide bonds. The third-order valence-corrected chi connectivity index (χ3v) is 4.54. The smallest absolute Gasteiger partial charge is 0.280 e. The number of benzene rings is 1. The Balaban J connectivity index is 2.61. The minimum absolute atomic E-state index is 0.0572. The SMILES string of the molecule is COc1ccc2nc(S(=O)(=O)NN)sc2c1. The fraction of sp³-hybridized carbons (Fsp3) is 0.125. The van der Waals surface area contributed by atoms with Gasteiger partial charge in [-0.3, -0.25) is 5.84 Å². The van der Waals surface area contributed by atoms with E-state index in [0.29, 0.717) is 11.3 Å². The molecule has 0 fully saturated rings. The van der Waals surface area contributed by atoms with E-state index in [-0.39, 0.29) is 4.34 Å². The molecule has 1 heterocycles. The van der Waals surface area contributed by atoms with Gasteiger partial charge >= 0.3 is 0 Å². The molecule has 0 spiro atoms. The molecule has 6 nitrogen and oxygen atoms in total. The van der Waals surface area contributed by atoms with Crippen LogP contribution in [-0.2, 0) is 10.0 Å². The van der Waals surface area contributed by atoms with Crippen molar-refractivity contribution in [1.29, 1.82) is 0 Å². The van der Waals surface area contributed by atoms with E-state index in [4.69, 9.17) is 10.6 Å². The second kappa shape index (κ2) is 3.98. The van der Waals surface area contributed by atoms with E-state index >= 15 is 0 Å². The Kier molecular flexibility index (Phi) is 2.80. The minimum atomic E-state index is -3.69. The Bertz CT molecular complexity index is 620. The average molecular weight is 259 g/mol. The average Bonchev–Trinajstić information content (AvgIpc) is 2.72. The van der Waals surface area contributed by atoms with Crippen molar-refractivity contribution in [3.05, 3.63) is 18.2 Å². The summed E-state index contributed by atoms with van der Waals surface area (Å²) in [6.07, 6.45) is 0. The zero-order chi connectivity index (χ0) is 11.8. The molecule has 0 aliphatic heterocycles. The Morgan fingerprint density at radius 2 is 2.25 bits per heavy atom. The monoisotopic (exact) mass is 259 g/mol. The first-order chi connectivity index (χ1) is 7.56. The largest absolute Gasteiger partial charge is 0.497 e. The normalized spacial score (nSPS) is 11.9. The molecule has 16 heavy (non-hydrogen) atoms. The maximum Gasteiger partial charge on any atom is 0.280 e. The van der Waals surface area contributed by atoms with Crippen molar-refractivity contribution in [2.45, 2.75) is 4.34 Å². The molecule has 86 valence electrons. The van der Waals surface area contributed by atoms with E-state index < -0.39 is 10.0 Å². The molecule has 0 unspecified atom stereocenters. The van der Waals surface area contributed by atoms with Crippen LogP contribution in [0, 0.1) is 0 Å². The highest BCUT2D eigenvalue weighted by atomic mass is 32.2. The summed E-state index contributed by atoms with van der Waals surface area (Å²) >= 11 is 1.04. The van der Waals surface area contributed by atoms with Gasteiger partial charge < -0.3 is 4.74 Å². The van der Waals surface area contributed by atoms with Gasteiger partial charge in [0.25, 0.3) is 10.0 Å². The molecule has 1 aromatic heterocycles. The van der Waals surface area contributed by atoms with Crippen molar-refractivity contribution in [2.24, 2.45) is 5.84 Å². The van der Waals surface area contributed by atoms with Gasteiger partial charge in [0.15, 0.2) is 0 Å². The number of methoxy groups -OCH3 is 1. The van der Waals surface area contributed by atoms with Gasteiger partial charge in [0, 0.05) is 0 Å². The molecule has 0 aliphatic carbocycles. The van der Waals surface area contributed by atoms with E-state index in [9.17, 15) is 8.42 Å². The van der Waals surface area contributed by atoms with Crippen LogP contribution in [0.3, 0.4) is 0 Å².